The average Bonchev–Trinajstić information content (AvgIpc) is 2.49. The van der Waals surface area contributed by atoms with Crippen LogP contribution in [-0.4, -0.2) is 18.0 Å². The van der Waals surface area contributed by atoms with Crippen LogP contribution in [0.25, 0.3) is 0 Å². The van der Waals surface area contributed by atoms with E-state index in [1.54, 1.807) is 0 Å². The molecule has 0 aromatic rings. The van der Waals surface area contributed by atoms with Crippen molar-refractivity contribution in [1.82, 2.24) is 10.2 Å². The fourth-order valence-electron chi connectivity index (χ4n) is 1.57. The molecule has 0 atom stereocenters. The Morgan fingerprint density at radius 1 is 1.05 bits per heavy atom. The van der Waals surface area contributed by atoms with Gasteiger partial charge in [-0.05, 0) is 40.3 Å². The van der Waals surface area contributed by atoms with Gasteiger partial charge in [-0.1, -0.05) is 54.7 Å². The van der Waals surface area contributed by atoms with Crippen molar-refractivity contribution in [3.8, 4) is 0 Å². The van der Waals surface area contributed by atoms with Crippen LogP contribution in [0.4, 0.5) is 0 Å². The van der Waals surface area contributed by atoms with Crippen LogP contribution in [0.15, 0.2) is 72.8 Å². The van der Waals surface area contributed by atoms with Gasteiger partial charge in [0.2, 0.25) is 0 Å². The molecule has 0 rings (SSSR count). The second kappa shape index (κ2) is 13.0. The quantitative estimate of drug-likeness (QED) is 0.452. The van der Waals surface area contributed by atoms with Gasteiger partial charge in [-0.15, -0.1) is 0 Å². The lowest BCUT2D eigenvalue weighted by Crippen LogP contribution is -2.12. The third-order valence-corrected chi connectivity index (χ3v) is 3.07. The Bertz CT molecular complexity index is 423. The molecule has 0 fully saturated rings. The van der Waals surface area contributed by atoms with Crippen molar-refractivity contribution >= 4 is 0 Å². The molecule has 0 aliphatic rings. The summed E-state index contributed by atoms with van der Waals surface area (Å²) in [6.07, 6.45) is 19.4. The van der Waals surface area contributed by atoms with Crippen molar-refractivity contribution in [2.24, 2.45) is 0 Å². The van der Waals surface area contributed by atoms with Crippen LogP contribution in [0.2, 0.25) is 0 Å². The van der Waals surface area contributed by atoms with E-state index >= 15 is 0 Å². The molecule has 0 unspecified atom stereocenters. The van der Waals surface area contributed by atoms with Crippen LogP contribution < -0.4 is 5.32 Å². The van der Waals surface area contributed by atoms with Crippen molar-refractivity contribution in [1.29, 1.82) is 0 Å². The molecule has 0 aliphatic heterocycles. The Kier molecular flexibility index (Phi) is 11.8. The number of rotatable bonds is 10. The van der Waals surface area contributed by atoms with Crippen molar-refractivity contribution in [2.45, 2.75) is 34.1 Å². The summed E-state index contributed by atoms with van der Waals surface area (Å²) in [4.78, 5) is 2.07. The first kappa shape index (κ1) is 19.0. The number of hydrogen-bond donors (Lipinski definition) is 1. The first-order valence-corrected chi connectivity index (χ1v) is 7.49. The molecule has 21 heavy (non-hydrogen) atoms. The molecule has 0 aliphatic carbocycles. The van der Waals surface area contributed by atoms with Crippen LogP contribution >= 0.6 is 0 Å². The van der Waals surface area contributed by atoms with E-state index in [1.807, 2.05) is 38.3 Å². The lowest BCUT2D eigenvalue weighted by Gasteiger charge is -2.12. The normalized spacial score (nSPS) is 13.5. The molecule has 0 bridgehead atoms. The van der Waals surface area contributed by atoms with E-state index in [4.69, 9.17) is 0 Å². The Morgan fingerprint density at radius 3 is 2.43 bits per heavy atom. The highest BCUT2D eigenvalue weighted by Crippen LogP contribution is 2.07. The van der Waals surface area contributed by atoms with Crippen molar-refractivity contribution in [3.05, 3.63) is 72.8 Å². The highest BCUT2D eigenvalue weighted by molar-refractivity contribution is 5.13. The van der Waals surface area contributed by atoms with E-state index < -0.39 is 0 Å². The topological polar surface area (TPSA) is 15.3 Å². The summed E-state index contributed by atoms with van der Waals surface area (Å²) in [5.41, 5.74) is 2.60. The van der Waals surface area contributed by atoms with Crippen LogP contribution in [0.3, 0.4) is 0 Å². The zero-order valence-corrected chi connectivity index (χ0v) is 14.0. The number of nitrogens with zero attached hydrogens (tertiary/aromatic N) is 1. The highest BCUT2D eigenvalue weighted by atomic mass is 15.1. The number of allylic oxidation sites excluding steroid dienone is 7. The summed E-state index contributed by atoms with van der Waals surface area (Å²) in [6, 6.07) is 0. The van der Waals surface area contributed by atoms with E-state index in [9.17, 15) is 0 Å². The zero-order valence-electron chi connectivity index (χ0n) is 14.0. The minimum Gasteiger partial charge on any atom is -0.385 e. The molecule has 0 saturated heterocycles. The lowest BCUT2D eigenvalue weighted by atomic mass is 10.1. The predicted octanol–water partition coefficient (Wildman–Crippen LogP) is 4.93. The number of hydrogen-bond acceptors (Lipinski definition) is 2. The fourth-order valence-corrected chi connectivity index (χ4v) is 1.57. The van der Waals surface area contributed by atoms with Gasteiger partial charge in [0, 0.05) is 25.0 Å². The van der Waals surface area contributed by atoms with Crippen LogP contribution in [0, 0.1) is 0 Å². The maximum atomic E-state index is 3.83. The van der Waals surface area contributed by atoms with Gasteiger partial charge < -0.3 is 10.2 Å². The molecule has 0 amide bonds. The van der Waals surface area contributed by atoms with Crippen LogP contribution in [-0.2, 0) is 0 Å². The van der Waals surface area contributed by atoms with Gasteiger partial charge in [0.15, 0.2) is 0 Å². The fraction of sp³-hybridized carbons (Fsp3) is 0.368. The molecule has 0 saturated carbocycles. The zero-order chi connectivity index (χ0) is 15.9. The van der Waals surface area contributed by atoms with E-state index in [0.717, 1.165) is 19.5 Å². The van der Waals surface area contributed by atoms with E-state index in [1.165, 1.54) is 11.3 Å². The second-order valence-corrected chi connectivity index (χ2v) is 4.78. The summed E-state index contributed by atoms with van der Waals surface area (Å²) < 4.78 is 0. The Hall–Kier alpha value is -1.96. The van der Waals surface area contributed by atoms with E-state index in [2.05, 4.69) is 61.1 Å². The summed E-state index contributed by atoms with van der Waals surface area (Å²) in [7, 11) is 0. The van der Waals surface area contributed by atoms with Gasteiger partial charge in [-0.25, -0.2) is 0 Å². The standard InChI is InChI=1S/C19H30N2/c1-6-9-11-12-16-21(8-3)17-13-14-18(4)19(5)20-15-10-7-2/h6-13,17,20H,3,14-16H2,1-2,4-5H3/b9-6-,10-7-,12-11-,17-13+,19-18-. The summed E-state index contributed by atoms with van der Waals surface area (Å²) in [5.74, 6) is 0. The third-order valence-electron chi connectivity index (χ3n) is 3.07. The molecular formula is C19H30N2. The molecule has 0 heterocycles. The first-order chi connectivity index (χ1) is 10.2. The highest BCUT2D eigenvalue weighted by Gasteiger charge is 1.94. The molecular weight excluding hydrogens is 256 g/mol. The smallest absolute Gasteiger partial charge is 0.0403 e. The van der Waals surface area contributed by atoms with Gasteiger partial charge in [0.1, 0.15) is 0 Å². The SMILES string of the molecule is C=CN(/C=C/C/C(C)=C(/C)NC/C=C\C)C/C=C\C=C/C. The van der Waals surface area contributed by atoms with Crippen molar-refractivity contribution < 1.29 is 0 Å². The van der Waals surface area contributed by atoms with E-state index in [-0.39, 0.29) is 0 Å². The molecule has 1 N–H and O–H groups in total. The van der Waals surface area contributed by atoms with Gasteiger partial charge in [0.05, 0.1) is 0 Å². The predicted molar refractivity (Wildman–Crippen MR) is 95.8 cm³/mol. The first-order valence-electron chi connectivity index (χ1n) is 7.49. The minimum absolute atomic E-state index is 0.839. The average molecular weight is 286 g/mol. The molecule has 116 valence electrons. The lowest BCUT2D eigenvalue weighted by molar-refractivity contribution is 0.565. The molecule has 2 nitrogen and oxygen atoms in total. The molecule has 0 spiro atoms. The van der Waals surface area contributed by atoms with Crippen molar-refractivity contribution in [3.63, 3.8) is 0 Å². The molecule has 0 aromatic carbocycles. The van der Waals surface area contributed by atoms with Crippen molar-refractivity contribution in [2.75, 3.05) is 13.1 Å². The Morgan fingerprint density at radius 2 is 1.81 bits per heavy atom. The summed E-state index contributed by atoms with van der Waals surface area (Å²) >= 11 is 0. The summed E-state index contributed by atoms with van der Waals surface area (Å²) in [6.45, 7) is 13.9. The number of nitrogens with one attached hydrogen (secondary N) is 1. The monoisotopic (exact) mass is 286 g/mol. The molecule has 2 heteroatoms. The van der Waals surface area contributed by atoms with Crippen LogP contribution in [0.1, 0.15) is 34.1 Å². The minimum atomic E-state index is 0.839. The van der Waals surface area contributed by atoms with Crippen LogP contribution in [0.5, 0.6) is 0 Å². The van der Waals surface area contributed by atoms with Gasteiger partial charge in [-0.3, -0.25) is 0 Å². The van der Waals surface area contributed by atoms with Gasteiger partial charge in [0.25, 0.3) is 0 Å². The summed E-state index contributed by atoms with van der Waals surface area (Å²) in [5, 5.41) is 3.39. The maximum Gasteiger partial charge on any atom is 0.0403 e. The van der Waals surface area contributed by atoms with Gasteiger partial charge in [-0.2, -0.15) is 0 Å². The maximum absolute atomic E-state index is 3.83. The Labute approximate surface area is 130 Å². The van der Waals surface area contributed by atoms with Gasteiger partial charge >= 0.3 is 0 Å². The third kappa shape index (κ3) is 10.5. The molecule has 0 radical (unpaired) electrons. The van der Waals surface area contributed by atoms with E-state index in [0.29, 0.717) is 0 Å². The largest absolute Gasteiger partial charge is 0.385 e. The molecule has 0 aromatic heterocycles. The second-order valence-electron chi connectivity index (χ2n) is 4.78. The Balaban J connectivity index is 4.31.